The molecular weight excluding hydrogens is 178 g/mol. The summed E-state index contributed by atoms with van der Waals surface area (Å²) in [4.78, 5) is 10.4. The van der Waals surface area contributed by atoms with Gasteiger partial charge in [-0.25, -0.2) is 9.97 Å². The van der Waals surface area contributed by atoms with E-state index in [-0.39, 0.29) is 0 Å². The summed E-state index contributed by atoms with van der Waals surface area (Å²) in [5.41, 5.74) is 5.68. The molecule has 1 aromatic rings. The van der Waals surface area contributed by atoms with Crippen molar-refractivity contribution < 1.29 is 0 Å². The summed E-state index contributed by atoms with van der Waals surface area (Å²) >= 11 is 0. The fourth-order valence-corrected chi connectivity index (χ4v) is 1.71. The Hall–Kier alpha value is -1.36. The van der Waals surface area contributed by atoms with Crippen molar-refractivity contribution in [3.63, 3.8) is 0 Å². The molecule has 3 N–H and O–H groups in total. The van der Waals surface area contributed by atoms with E-state index in [1.165, 1.54) is 0 Å². The van der Waals surface area contributed by atoms with Crippen LogP contribution >= 0.6 is 0 Å². The van der Waals surface area contributed by atoms with Gasteiger partial charge in [0.15, 0.2) is 11.6 Å². The average molecular weight is 193 g/mol. The van der Waals surface area contributed by atoms with E-state index in [0.717, 1.165) is 19.5 Å². The van der Waals surface area contributed by atoms with Crippen LogP contribution in [0.2, 0.25) is 0 Å². The third-order valence-corrected chi connectivity index (χ3v) is 2.46. The van der Waals surface area contributed by atoms with Gasteiger partial charge in [-0.05, 0) is 20.0 Å². The zero-order chi connectivity index (χ0) is 9.97. The molecule has 14 heavy (non-hydrogen) atoms. The minimum Gasteiger partial charge on any atom is -0.381 e. The number of nitrogens with two attached hydrogens (primary N) is 1. The summed E-state index contributed by atoms with van der Waals surface area (Å²) in [5.74, 6) is 1.18. The molecule has 0 saturated carbocycles. The molecule has 1 aliphatic rings. The predicted molar refractivity (Wildman–Crippen MR) is 56.0 cm³/mol. The molecule has 2 heterocycles. The smallest absolute Gasteiger partial charge is 0.169 e. The number of nitrogens with one attached hydrogen (secondary N) is 1. The minimum absolute atomic E-state index is 0.444. The van der Waals surface area contributed by atoms with Gasteiger partial charge in [-0.2, -0.15) is 0 Å². The van der Waals surface area contributed by atoms with Gasteiger partial charge in [0.2, 0.25) is 0 Å². The molecule has 1 unspecified atom stereocenters. The highest BCUT2D eigenvalue weighted by molar-refractivity contribution is 5.55. The summed E-state index contributed by atoms with van der Waals surface area (Å²) in [6.07, 6.45) is 4.38. The van der Waals surface area contributed by atoms with Crippen LogP contribution in [-0.2, 0) is 0 Å². The van der Waals surface area contributed by atoms with Crippen molar-refractivity contribution in [2.75, 3.05) is 31.2 Å². The first-order chi connectivity index (χ1) is 6.75. The van der Waals surface area contributed by atoms with Crippen LogP contribution in [0, 0.1) is 0 Å². The molecule has 0 aromatic carbocycles. The van der Waals surface area contributed by atoms with E-state index < -0.39 is 0 Å². The van der Waals surface area contributed by atoms with Gasteiger partial charge in [-0.1, -0.05) is 0 Å². The molecule has 5 heteroatoms. The van der Waals surface area contributed by atoms with Crippen molar-refractivity contribution in [1.29, 1.82) is 0 Å². The SMILES string of the molecule is CN1CCC(Nc2nccnc2N)C1. The van der Waals surface area contributed by atoms with Crippen LogP contribution in [0.15, 0.2) is 12.4 Å². The second kappa shape index (κ2) is 3.79. The molecule has 76 valence electrons. The van der Waals surface area contributed by atoms with Crippen molar-refractivity contribution in [1.82, 2.24) is 14.9 Å². The molecular formula is C9H15N5. The fraction of sp³-hybridized carbons (Fsp3) is 0.556. The largest absolute Gasteiger partial charge is 0.381 e. The van der Waals surface area contributed by atoms with Crippen LogP contribution in [0.3, 0.4) is 0 Å². The number of hydrogen-bond donors (Lipinski definition) is 2. The van der Waals surface area contributed by atoms with Gasteiger partial charge in [0.25, 0.3) is 0 Å². The number of hydrogen-bond acceptors (Lipinski definition) is 5. The molecule has 1 atom stereocenters. The summed E-state index contributed by atoms with van der Waals surface area (Å²) < 4.78 is 0. The van der Waals surface area contributed by atoms with E-state index in [1.807, 2.05) is 0 Å². The third kappa shape index (κ3) is 1.93. The minimum atomic E-state index is 0.444. The molecule has 1 aromatic heterocycles. The van der Waals surface area contributed by atoms with E-state index in [4.69, 9.17) is 5.73 Å². The highest BCUT2D eigenvalue weighted by atomic mass is 15.2. The molecule has 2 rings (SSSR count). The lowest BCUT2D eigenvalue weighted by molar-refractivity contribution is 0.414. The Kier molecular flexibility index (Phi) is 2.49. The van der Waals surface area contributed by atoms with Crippen LogP contribution < -0.4 is 11.1 Å². The Morgan fingerprint density at radius 1 is 1.50 bits per heavy atom. The summed E-state index contributed by atoms with van der Waals surface area (Å²) in [7, 11) is 2.11. The molecule has 1 fully saturated rings. The number of nitrogen functional groups attached to an aromatic ring is 1. The number of anilines is 2. The maximum absolute atomic E-state index is 5.68. The Labute approximate surface area is 83.3 Å². The lowest BCUT2D eigenvalue weighted by Crippen LogP contribution is -2.24. The third-order valence-electron chi connectivity index (χ3n) is 2.46. The molecule has 0 amide bonds. The van der Waals surface area contributed by atoms with Gasteiger partial charge in [0.1, 0.15) is 0 Å². The number of nitrogens with zero attached hydrogens (tertiary/aromatic N) is 3. The van der Waals surface area contributed by atoms with Crippen LogP contribution in [0.1, 0.15) is 6.42 Å². The molecule has 0 spiro atoms. The number of rotatable bonds is 2. The molecule has 0 aliphatic carbocycles. The molecule has 1 aliphatic heterocycles. The van der Waals surface area contributed by atoms with Gasteiger partial charge >= 0.3 is 0 Å². The summed E-state index contributed by atoms with van der Waals surface area (Å²) in [6.45, 7) is 2.16. The first-order valence-corrected chi connectivity index (χ1v) is 4.77. The molecule has 0 bridgehead atoms. The maximum atomic E-state index is 5.68. The van der Waals surface area contributed by atoms with Crippen LogP contribution in [-0.4, -0.2) is 41.0 Å². The van der Waals surface area contributed by atoms with Crippen LogP contribution in [0.4, 0.5) is 11.6 Å². The zero-order valence-electron chi connectivity index (χ0n) is 8.27. The number of likely N-dealkylation sites (N-methyl/N-ethyl adjacent to an activating group) is 1. The van der Waals surface area contributed by atoms with Crippen molar-refractivity contribution in [3.05, 3.63) is 12.4 Å². The van der Waals surface area contributed by atoms with Gasteiger partial charge in [-0.15, -0.1) is 0 Å². The maximum Gasteiger partial charge on any atom is 0.169 e. The van der Waals surface area contributed by atoms with Crippen molar-refractivity contribution in [2.24, 2.45) is 0 Å². The topological polar surface area (TPSA) is 67.1 Å². The van der Waals surface area contributed by atoms with E-state index >= 15 is 0 Å². The van der Waals surface area contributed by atoms with Crippen LogP contribution in [0.5, 0.6) is 0 Å². The van der Waals surface area contributed by atoms with Gasteiger partial charge in [0.05, 0.1) is 0 Å². The van der Waals surface area contributed by atoms with Gasteiger partial charge in [0, 0.05) is 25.0 Å². The van der Waals surface area contributed by atoms with Crippen molar-refractivity contribution in [2.45, 2.75) is 12.5 Å². The predicted octanol–water partition coefficient (Wildman–Crippen LogP) is 0.175. The van der Waals surface area contributed by atoms with Crippen LogP contribution in [0.25, 0.3) is 0 Å². The van der Waals surface area contributed by atoms with Gasteiger partial charge in [-0.3, -0.25) is 0 Å². The van der Waals surface area contributed by atoms with Crippen molar-refractivity contribution >= 4 is 11.6 Å². The molecule has 0 radical (unpaired) electrons. The molecule has 5 nitrogen and oxygen atoms in total. The number of aromatic nitrogens is 2. The lowest BCUT2D eigenvalue weighted by Gasteiger charge is -2.13. The van der Waals surface area contributed by atoms with E-state index in [2.05, 4.69) is 27.2 Å². The highest BCUT2D eigenvalue weighted by Crippen LogP contribution is 2.15. The number of likely N-dealkylation sites (tertiary alicyclic amines) is 1. The molecule has 1 saturated heterocycles. The normalized spacial score (nSPS) is 22.5. The fourth-order valence-electron chi connectivity index (χ4n) is 1.71. The first-order valence-electron chi connectivity index (χ1n) is 4.77. The summed E-state index contributed by atoms with van der Waals surface area (Å²) in [6, 6.07) is 0.444. The average Bonchev–Trinajstić information content (AvgIpc) is 2.56. The second-order valence-electron chi connectivity index (χ2n) is 3.68. The monoisotopic (exact) mass is 193 g/mol. The zero-order valence-corrected chi connectivity index (χ0v) is 8.27. The van der Waals surface area contributed by atoms with E-state index in [9.17, 15) is 0 Å². The van der Waals surface area contributed by atoms with E-state index in [0.29, 0.717) is 17.7 Å². The standard InChI is InChI=1S/C9H15N5/c1-14-5-2-7(6-14)13-9-8(10)11-3-4-12-9/h3-4,7H,2,5-6H2,1H3,(H2,10,11)(H,12,13). The Bertz CT molecular complexity index is 314. The quantitative estimate of drug-likeness (QED) is 0.701. The Morgan fingerprint density at radius 3 is 2.93 bits per heavy atom. The summed E-state index contributed by atoms with van der Waals surface area (Å²) in [5, 5.41) is 3.30. The van der Waals surface area contributed by atoms with Gasteiger partial charge < -0.3 is 16.0 Å². The Balaban J connectivity index is 2.01. The second-order valence-corrected chi connectivity index (χ2v) is 3.68. The Morgan fingerprint density at radius 2 is 2.29 bits per heavy atom. The lowest BCUT2D eigenvalue weighted by atomic mass is 10.2. The van der Waals surface area contributed by atoms with Crippen molar-refractivity contribution in [3.8, 4) is 0 Å². The highest BCUT2D eigenvalue weighted by Gasteiger charge is 2.19. The van der Waals surface area contributed by atoms with E-state index in [1.54, 1.807) is 12.4 Å². The first kappa shape index (κ1) is 9.21.